The highest BCUT2D eigenvalue weighted by Gasteiger charge is 2.52. The lowest BCUT2D eigenvalue weighted by Gasteiger charge is -2.56. The lowest BCUT2D eigenvalue weighted by Crippen LogP contribution is -2.49. The van der Waals surface area contributed by atoms with E-state index in [0.29, 0.717) is 50.0 Å². The van der Waals surface area contributed by atoms with Gasteiger partial charge >= 0.3 is 27.3 Å². The number of carbonyl (C=O) groups excluding carboxylic acids is 2. The molecule has 32 heavy (non-hydrogen) atoms. The minimum atomic E-state index is -5.41. The second-order valence-electron chi connectivity index (χ2n) is 10.3. The summed E-state index contributed by atoms with van der Waals surface area (Å²) < 4.78 is 63.4. The molecule has 0 spiro atoms. The first-order valence-electron chi connectivity index (χ1n) is 11.4. The SMILES string of the molecule is NOS(=O)(=O)C(F)(F)COC(=O)C1CCCCC1C(=O)OCC12CC3CC(CC(C3)C1)C2. The molecule has 0 heterocycles. The minimum Gasteiger partial charge on any atom is -0.465 e. The fraction of sp³-hybridized carbons (Fsp3) is 0.905. The molecule has 0 amide bonds. The number of esters is 2. The Hall–Kier alpha value is -1.33. The zero-order valence-corrected chi connectivity index (χ0v) is 18.8. The lowest BCUT2D eigenvalue weighted by molar-refractivity contribution is -0.171. The molecule has 0 aromatic rings. The molecule has 0 aromatic carbocycles. The Morgan fingerprint density at radius 1 is 0.906 bits per heavy atom. The second kappa shape index (κ2) is 8.79. The van der Waals surface area contributed by atoms with Crippen molar-refractivity contribution in [2.75, 3.05) is 13.2 Å². The van der Waals surface area contributed by atoms with Crippen LogP contribution in [0.2, 0.25) is 0 Å². The molecule has 2 unspecified atom stereocenters. The van der Waals surface area contributed by atoms with Crippen LogP contribution >= 0.6 is 0 Å². The van der Waals surface area contributed by atoms with E-state index in [1.165, 1.54) is 19.3 Å². The Morgan fingerprint density at radius 2 is 1.38 bits per heavy atom. The molecule has 0 aromatic heterocycles. The number of alkyl halides is 2. The quantitative estimate of drug-likeness (QED) is 0.417. The third-order valence-corrected chi connectivity index (χ3v) is 9.03. The largest absolute Gasteiger partial charge is 0.465 e. The van der Waals surface area contributed by atoms with E-state index >= 15 is 0 Å². The van der Waals surface area contributed by atoms with Gasteiger partial charge in [-0.05, 0) is 69.1 Å². The van der Waals surface area contributed by atoms with Crippen molar-refractivity contribution in [2.45, 2.75) is 69.5 Å². The highest BCUT2D eigenvalue weighted by molar-refractivity contribution is 7.87. The Bertz CT molecular complexity index is 812. The fourth-order valence-corrected chi connectivity index (χ4v) is 7.24. The molecular formula is C21H31F2NO7S. The highest BCUT2D eigenvalue weighted by Crippen LogP contribution is 2.60. The van der Waals surface area contributed by atoms with Gasteiger partial charge in [0.2, 0.25) is 0 Å². The summed E-state index contributed by atoms with van der Waals surface area (Å²) in [6.07, 6.45) is 9.12. The van der Waals surface area contributed by atoms with Gasteiger partial charge in [-0.3, -0.25) is 9.59 Å². The van der Waals surface area contributed by atoms with Gasteiger partial charge in [-0.15, -0.1) is 0 Å². The van der Waals surface area contributed by atoms with E-state index in [1.807, 2.05) is 0 Å². The van der Waals surface area contributed by atoms with Crippen LogP contribution in [0.5, 0.6) is 0 Å². The van der Waals surface area contributed by atoms with Crippen molar-refractivity contribution in [3.05, 3.63) is 0 Å². The predicted molar refractivity (Wildman–Crippen MR) is 107 cm³/mol. The van der Waals surface area contributed by atoms with Crippen LogP contribution in [0.3, 0.4) is 0 Å². The number of nitrogens with two attached hydrogens (primary N) is 1. The molecule has 0 saturated heterocycles. The van der Waals surface area contributed by atoms with Gasteiger partial charge in [0, 0.05) is 5.41 Å². The third-order valence-electron chi connectivity index (χ3n) is 7.93. The maximum Gasteiger partial charge on any atom is 0.404 e. The molecule has 5 rings (SSSR count). The van der Waals surface area contributed by atoms with Gasteiger partial charge in [-0.1, -0.05) is 12.8 Å². The predicted octanol–water partition coefficient (Wildman–Crippen LogP) is 2.91. The Balaban J connectivity index is 1.34. The van der Waals surface area contributed by atoms with E-state index < -0.39 is 45.8 Å². The van der Waals surface area contributed by atoms with Gasteiger partial charge in [-0.2, -0.15) is 27.4 Å². The van der Waals surface area contributed by atoms with E-state index in [9.17, 15) is 26.8 Å². The smallest absolute Gasteiger partial charge is 0.404 e. The van der Waals surface area contributed by atoms with Gasteiger partial charge in [0.1, 0.15) is 0 Å². The average Bonchev–Trinajstić information content (AvgIpc) is 2.75. The van der Waals surface area contributed by atoms with Crippen molar-refractivity contribution in [2.24, 2.45) is 40.9 Å². The number of ether oxygens (including phenoxy) is 2. The lowest BCUT2D eigenvalue weighted by atomic mass is 9.50. The zero-order chi connectivity index (χ0) is 23.1. The number of rotatable bonds is 8. The van der Waals surface area contributed by atoms with E-state index in [4.69, 9.17) is 4.74 Å². The summed E-state index contributed by atoms with van der Waals surface area (Å²) in [6.45, 7) is -1.38. The standard InChI is InChI=1S/C21H31F2NO7S/c22-21(23,32(27,28)31-24)12-30-19(26)17-4-2-1-3-16(17)18(25)29-11-20-8-13-5-14(9-20)7-15(6-13)10-20/h13-17H,1-12,24H2. The summed E-state index contributed by atoms with van der Waals surface area (Å²) in [7, 11) is -5.41. The minimum absolute atomic E-state index is 0.0354. The topological polar surface area (TPSA) is 122 Å². The Kier molecular flexibility index (Phi) is 6.54. The van der Waals surface area contributed by atoms with Gasteiger partial charge in [0.15, 0.2) is 6.61 Å². The van der Waals surface area contributed by atoms with Crippen LogP contribution in [-0.4, -0.2) is 38.8 Å². The van der Waals surface area contributed by atoms with Crippen LogP contribution in [0.15, 0.2) is 0 Å². The highest BCUT2D eigenvalue weighted by atomic mass is 32.2. The van der Waals surface area contributed by atoms with Crippen molar-refractivity contribution in [1.29, 1.82) is 0 Å². The zero-order valence-electron chi connectivity index (χ0n) is 18.0. The number of hydrogen-bond donors (Lipinski definition) is 1. The van der Waals surface area contributed by atoms with Crippen LogP contribution in [-0.2, 0) is 33.5 Å². The Morgan fingerprint density at radius 3 is 1.84 bits per heavy atom. The van der Waals surface area contributed by atoms with Crippen molar-refractivity contribution >= 4 is 22.1 Å². The number of hydrogen-bond acceptors (Lipinski definition) is 8. The van der Waals surface area contributed by atoms with Gasteiger partial charge in [0.25, 0.3) is 0 Å². The maximum absolute atomic E-state index is 13.7. The maximum atomic E-state index is 13.7. The first-order chi connectivity index (χ1) is 15.0. The monoisotopic (exact) mass is 479 g/mol. The second-order valence-corrected chi connectivity index (χ2v) is 12.0. The molecule has 11 heteroatoms. The van der Waals surface area contributed by atoms with Crippen molar-refractivity contribution in [3.8, 4) is 0 Å². The molecule has 0 radical (unpaired) electrons. The fourth-order valence-electron chi connectivity index (χ4n) is 6.90. The van der Waals surface area contributed by atoms with E-state index in [1.54, 1.807) is 0 Å². The number of halogens is 2. The van der Waals surface area contributed by atoms with Gasteiger partial charge in [-0.25, -0.2) is 0 Å². The van der Waals surface area contributed by atoms with E-state index in [0.717, 1.165) is 19.3 Å². The molecule has 0 aliphatic heterocycles. The first kappa shape index (κ1) is 23.8. The summed E-state index contributed by atoms with van der Waals surface area (Å²) >= 11 is 0. The molecule has 8 nitrogen and oxygen atoms in total. The van der Waals surface area contributed by atoms with Gasteiger partial charge in [0.05, 0.1) is 18.4 Å². The third kappa shape index (κ3) is 4.65. The molecule has 182 valence electrons. The molecule has 5 aliphatic carbocycles. The van der Waals surface area contributed by atoms with Crippen molar-refractivity contribution < 1.29 is 40.5 Å². The molecule has 2 N–H and O–H groups in total. The molecule has 2 atom stereocenters. The first-order valence-corrected chi connectivity index (χ1v) is 12.8. The molecule has 5 aliphatic rings. The van der Waals surface area contributed by atoms with Crippen LogP contribution in [0, 0.1) is 35.0 Å². The summed E-state index contributed by atoms with van der Waals surface area (Å²) in [4.78, 5) is 25.4. The normalized spacial score (nSPS) is 36.7. The van der Waals surface area contributed by atoms with E-state index in [-0.39, 0.29) is 5.41 Å². The summed E-state index contributed by atoms with van der Waals surface area (Å²) in [5.41, 5.74) is 0.0354. The summed E-state index contributed by atoms with van der Waals surface area (Å²) in [6, 6.07) is 0. The summed E-state index contributed by atoms with van der Waals surface area (Å²) in [5.74, 6) is 3.28. The van der Waals surface area contributed by atoms with Crippen molar-refractivity contribution in [1.82, 2.24) is 0 Å². The Labute approximate surface area is 186 Å². The molecule has 5 saturated carbocycles. The van der Waals surface area contributed by atoms with Gasteiger partial charge < -0.3 is 9.47 Å². The summed E-state index contributed by atoms with van der Waals surface area (Å²) in [5, 5.41) is -4.49. The molecule has 4 bridgehead atoms. The average molecular weight is 480 g/mol. The molecular weight excluding hydrogens is 448 g/mol. The van der Waals surface area contributed by atoms with Crippen LogP contribution in [0.1, 0.15) is 64.2 Å². The molecule has 5 fully saturated rings. The van der Waals surface area contributed by atoms with Crippen LogP contribution in [0.4, 0.5) is 8.78 Å². The van der Waals surface area contributed by atoms with E-state index in [2.05, 4.69) is 14.9 Å². The van der Waals surface area contributed by atoms with Crippen molar-refractivity contribution in [3.63, 3.8) is 0 Å². The van der Waals surface area contributed by atoms with Crippen LogP contribution in [0.25, 0.3) is 0 Å². The number of carbonyl (C=O) groups is 2. The van der Waals surface area contributed by atoms with Crippen LogP contribution < -0.4 is 5.90 Å².